The first kappa shape index (κ1) is 36.4. The van der Waals surface area contributed by atoms with Crippen LogP contribution in [-0.2, 0) is 35.3 Å². The zero-order valence-electron chi connectivity index (χ0n) is 28.5. The summed E-state index contributed by atoms with van der Waals surface area (Å²) in [4.78, 5) is 58.9. The van der Waals surface area contributed by atoms with Crippen LogP contribution >= 0.6 is 15.9 Å². The molecular weight excluding hydrogens is 720 g/mol. The number of nitrogens with zero attached hydrogens (tertiary/aromatic N) is 5. The van der Waals surface area contributed by atoms with Crippen molar-refractivity contribution in [2.75, 3.05) is 19.7 Å². The van der Waals surface area contributed by atoms with Crippen LogP contribution in [0.25, 0.3) is 11.0 Å². The number of aliphatic hydroxyl groups excluding tert-OH is 1. The van der Waals surface area contributed by atoms with Crippen LogP contribution in [-0.4, -0.2) is 102 Å². The fourth-order valence-electron chi connectivity index (χ4n) is 7.83. The SMILES string of the molecule is C=CCCC(=O)N[C@@H](C)[C@H](OC(=O)[C@@H]1[C@H]2O[C@@]3(CC2Br)[C@H](C(=O)N(CC=C)Cn2nnc4ccccc42)N(CCCO)C(=O)[C@@H]13)c1ccccc1. The van der Waals surface area contributed by atoms with Gasteiger partial charge in [-0.3, -0.25) is 19.2 Å². The fraction of sp³-hybridized carbons (Fsp3) is 0.459. The quantitative estimate of drug-likeness (QED) is 0.127. The van der Waals surface area contributed by atoms with Gasteiger partial charge in [0, 0.05) is 30.9 Å². The lowest BCUT2D eigenvalue weighted by Crippen LogP contribution is -2.57. The number of likely N-dealkylation sites (tertiary alicyclic amines) is 1. The molecule has 1 unspecified atom stereocenters. The average molecular weight is 764 g/mol. The van der Waals surface area contributed by atoms with E-state index in [2.05, 4.69) is 44.7 Å². The molecule has 3 amide bonds. The van der Waals surface area contributed by atoms with Gasteiger partial charge in [0.2, 0.25) is 17.7 Å². The third kappa shape index (κ3) is 6.84. The first-order valence-electron chi connectivity index (χ1n) is 17.2. The Balaban J connectivity index is 1.32. The third-order valence-corrected chi connectivity index (χ3v) is 10.9. The maximum Gasteiger partial charge on any atom is 0.313 e. The number of aromatic nitrogens is 3. The van der Waals surface area contributed by atoms with Crippen molar-refractivity contribution in [2.45, 2.75) is 74.0 Å². The highest BCUT2D eigenvalue weighted by Gasteiger charge is 2.77. The number of carbonyl (C=O) groups is 4. The summed E-state index contributed by atoms with van der Waals surface area (Å²) in [5, 5.41) is 21.2. The lowest BCUT2D eigenvalue weighted by Gasteiger charge is -2.37. The number of esters is 1. The van der Waals surface area contributed by atoms with Crippen molar-refractivity contribution in [3.05, 3.63) is 85.5 Å². The monoisotopic (exact) mass is 762 g/mol. The summed E-state index contributed by atoms with van der Waals surface area (Å²) in [5.41, 5.74) is 0.731. The Morgan fingerprint density at radius 3 is 2.65 bits per heavy atom. The Bertz CT molecular complexity index is 1790. The molecule has 2 aromatic carbocycles. The maximum absolute atomic E-state index is 14.8. The summed E-state index contributed by atoms with van der Waals surface area (Å²) in [6.07, 6.45) is 2.91. The number of para-hydroxylation sites is 1. The zero-order valence-corrected chi connectivity index (χ0v) is 30.1. The van der Waals surface area contributed by atoms with Gasteiger partial charge in [-0.05, 0) is 43.9 Å². The number of amides is 3. The molecule has 51 heavy (non-hydrogen) atoms. The molecule has 6 rings (SSSR count). The van der Waals surface area contributed by atoms with Crippen LogP contribution in [0, 0.1) is 11.8 Å². The van der Waals surface area contributed by atoms with E-state index >= 15 is 0 Å². The van der Waals surface area contributed by atoms with Gasteiger partial charge in [-0.1, -0.05) is 75.8 Å². The number of fused-ring (bicyclic) bond motifs is 2. The molecule has 3 aliphatic rings. The summed E-state index contributed by atoms with van der Waals surface area (Å²) >= 11 is 3.71. The highest BCUT2D eigenvalue weighted by Crippen LogP contribution is 2.60. The standard InChI is InChI=1S/C37H43BrN6O7/c1-4-6-17-28(46)39-23(3)31(24-13-8-7-9-14-24)50-36(49)29-30-34(47)43(19-12-20-45)33(37(30)21-25(38)32(29)51-37)35(48)42(18-5-2)22-44-27-16-11-10-15-26(27)40-41-44/h4-5,7-11,13-16,23,25,29-33,45H,1-2,6,12,17-22H2,3H3,(H,39,46)/t23-,25?,29-,30+,31-,32-,33-,37+/m0/s1. The van der Waals surface area contributed by atoms with E-state index in [1.165, 1.54) is 4.90 Å². The molecule has 4 heterocycles. The van der Waals surface area contributed by atoms with Crippen LogP contribution in [0.15, 0.2) is 79.9 Å². The van der Waals surface area contributed by atoms with Gasteiger partial charge in [0.1, 0.15) is 29.9 Å². The number of carbonyl (C=O) groups excluding carboxylic acids is 4. The Morgan fingerprint density at radius 1 is 1.18 bits per heavy atom. The normalized spacial score (nSPS) is 26.1. The van der Waals surface area contributed by atoms with Gasteiger partial charge in [-0.15, -0.1) is 18.3 Å². The third-order valence-electron chi connectivity index (χ3n) is 10.0. The van der Waals surface area contributed by atoms with Gasteiger partial charge in [-0.2, -0.15) is 0 Å². The number of halogens is 1. The predicted molar refractivity (Wildman–Crippen MR) is 191 cm³/mol. The number of rotatable bonds is 16. The molecular formula is C37H43BrN6O7. The number of hydrogen-bond acceptors (Lipinski definition) is 9. The van der Waals surface area contributed by atoms with E-state index in [0.29, 0.717) is 23.9 Å². The maximum atomic E-state index is 14.8. The summed E-state index contributed by atoms with van der Waals surface area (Å²) in [6, 6.07) is 14.8. The highest BCUT2D eigenvalue weighted by molar-refractivity contribution is 9.09. The lowest BCUT2D eigenvalue weighted by molar-refractivity contribution is -0.162. The number of ether oxygens (including phenoxy) is 2. The molecule has 14 heteroatoms. The average Bonchev–Trinajstić information content (AvgIpc) is 3.85. The van der Waals surface area contributed by atoms with Gasteiger partial charge >= 0.3 is 5.97 Å². The predicted octanol–water partition coefficient (Wildman–Crippen LogP) is 3.29. The number of benzene rings is 2. The van der Waals surface area contributed by atoms with E-state index in [0.717, 1.165) is 5.52 Å². The number of alkyl halides is 1. The summed E-state index contributed by atoms with van der Waals surface area (Å²) in [7, 11) is 0. The molecule has 1 spiro atoms. The van der Waals surface area contributed by atoms with Crippen LogP contribution in [0.5, 0.6) is 0 Å². The van der Waals surface area contributed by atoms with Crippen molar-refractivity contribution in [1.82, 2.24) is 30.1 Å². The van der Waals surface area contributed by atoms with Gasteiger partial charge in [-0.25, -0.2) is 4.68 Å². The molecule has 8 atom stereocenters. The minimum Gasteiger partial charge on any atom is -0.455 e. The van der Waals surface area contributed by atoms with Gasteiger partial charge in [0.05, 0.1) is 29.5 Å². The van der Waals surface area contributed by atoms with E-state index in [1.807, 2.05) is 54.6 Å². The molecule has 3 saturated heterocycles. The largest absolute Gasteiger partial charge is 0.455 e. The molecule has 3 aliphatic heterocycles. The number of aliphatic hydroxyl groups is 1. The second kappa shape index (κ2) is 15.5. The molecule has 3 aromatic rings. The Morgan fingerprint density at radius 2 is 1.92 bits per heavy atom. The van der Waals surface area contributed by atoms with Crippen LogP contribution in [0.4, 0.5) is 0 Å². The number of allylic oxidation sites excluding steroid dienone is 1. The van der Waals surface area contributed by atoms with Gasteiger partial charge in [0.25, 0.3) is 0 Å². The lowest BCUT2D eigenvalue weighted by atomic mass is 9.70. The second-order valence-electron chi connectivity index (χ2n) is 13.3. The molecule has 0 radical (unpaired) electrons. The second-order valence-corrected chi connectivity index (χ2v) is 14.5. The van der Waals surface area contributed by atoms with Crippen molar-refractivity contribution in [1.29, 1.82) is 0 Å². The fourth-order valence-corrected chi connectivity index (χ4v) is 8.77. The molecule has 13 nitrogen and oxygen atoms in total. The molecule has 3 fully saturated rings. The first-order chi connectivity index (χ1) is 24.6. The summed E-state index contributed by atoms with van der Waals surface area (Å²) in [5.74, 6) is -3.71. The zero-order chi connectivity index (χ0) is 36.3. The van der Waals surface area contributed by atoms with E-state index < -0.39 is 59.5 Å². The van der Waals surface area contributed by atoms with Crippen molar-refractivity contribution in [2.24, 2.45) is 11.8 Å². The van der Waals surface area contributed by atoms with Crippen LogP contribution in [0.1, 0.15) is 44.3 Å². The van der Waals surface area contributed by atoms with Crippen molar-refractivity contribution in [3.63, 3.8) is 0 Å². The van der Waals surface area contributed by atoms with E-state index in [4.69, 9.17) is 9.47 Å². The molecule has 2 N–H and O–H groups in total. The van der Waals surface area contributed by atoms with E-state index in [9.17, 15) is 24.3 Å². The summed E-state index contributed by atoms with van der Waals surface area (Å²) in [6.45, 7) is 9.37. The minimum absolute atomic E-state index is 0.0342. The summed E-state index contributed by atoms with van der Waals surface area (Å²) < 4.78 is 14.5. The number of nitrogens with one attached hydrogen (secondary N) is 1. The van der Waals surface area contributed by atoms with Crippen molar-refractivity contribution >= 4 is 50.7 Å². The van der Waals surface area contributed by atoms with Crippen molar-refractivity contribution < 1.29 is 33.8 Å². The minimum atomic E-state index is -1.34. The molecule has 0 saturated carbocycles. The van der Waals surface area contributed by atoms with E-state index in [-0.39, 0.29) is 49.9 Å². The topological polar surface area (TPSA) is 156 Å². The van der Waals surface area contributed by atoms with E-state index in [1.54, 1.807) is 28.7 Å². The van der Waals surface area contributed by atoms with Crippen LogP contribution < -0.4 is 5.32 Å². The first-order valence-corrected chi connectivity index (χ1v) is 18.1. The Labute approximate surface area is 304 Å². The van der Waals surface area contributed by atoms with Crippen LogP contribution in [0.2, 0.25) is 0 Å². The Hall–Kier alpha value is -4.40. The van der Waals surface area contributed by atoms with Crippen LogP contribution in [0.3, 0.4) is 0 Å². The highest BCUT2D eigenvalue weighted by atomic mass is 79.9. The van der Waals surface area contributed by atoms with Gasteiger partial charge in [0.15, 0.2) is 0 Å². The molecule has 270 valence electrons. The molecule has 0 aliphatic carbocycles. The van der Waals surface area contributed by atoms with Gasteiger partial charge < -0.3 is 29.7 Å². The Kier molecular flexibility index (Phi) is 11.0. The molecule has 1 aromatic heterocycles. The molecule has 2 bridgehead atoms. The number of hydrogen-bond donors (Lipinski definition) is 2. The van der Waals surface area contributed by atoms with Crippen molar-refractivity contribution in [3.8, 4) is 0 Å². The smallest absolute Gasteiger partial charge is 0.313 e.